The summed E-state index contributed by atoms with van der Waals surface area (Å²) in [5.41, 5.74) is 0.404. The Morgan fingerprint density at radius 2 is 1.88 bits per heavy atom. The van der Waals surface area contributed by atoms with Crippen molar-refractivity contribution in [1.29, 1.82) is 0 Å². The van der Waals surface area contributed by atoms with E-state index in [4.69, 9.17) is 4.74 Å². The summed E-state index contributed by atoms with van der Waals surface area (Å²) in [4.78, 5) is 11.6. The molecule has 0 aliphatic rings. The van der Waals surface area contributed by atoms with E-state index in [-0.39, 0.29) is 6.61 Å². The molecule has 16 heavy (non-hydrogen) atoms. The maximum Gasteiger partial charge on any atom is 0.316 e. The van der Waals surface area contributed by atoms with E-state index in [1.165, 1.54) is 0 Å². The summed E-state index contributed by atoms with van der Waals surface area (Å²) in [5, 5.41) is 0. The summed E-state index contributed by atoms with van der Waals surface area (Å²) >= 11 is 0. The van der Waals surface area contributed by atoms with E-state index < -0.39 is 18.8 Å². The molecule has 0 fully saturated rings. The van der Waals surface area contributed by atoms with Crippen molar-refractivity contribution >= 4 is 13.1 Å². The van der Waals surface area contributed by atoms with E-state index in [9.17, 15) is 9.36 Å². The summed E-state index contributed by atoms with van der Waals surface area (Å²) < 4.78 is 16.8. The Morgan fingerprint density at radius 1 is 1.31 bits per heavy atom. The van der Waals surface area contributed by atoms with Crippen LogP contribution >= 0.6 is 7.14 Å². The summed E-state index contributed by atoms with van der Waals surface area (Å²) in [7, 11) is -2.41. The van der Waals surface area contributed by atoms with E-state index in [1.54, 1.807) is 20.3 Å². The zero-order valence-electron chi connectivity index (χ0n) is 9.84. The molecule has 1 atom stereocenters. The summed E-state index contributed by atoms with van der Waals surface area (Å²) in [6, 6.07) is 9.44. The van der Waals surface area contributed by atoms with Crippen LogP contribution < -0.4 is 0 Å². The van der Waals surface area contributed by atoms with Crippen LogP contribution in [0.1, 0.15) is 12.5 Å². The highest BCUT2D eigenvalue weighted by molar-refractivity contribution is 7.64. The number of ether oxygens (including phenoxy) is 1. The van der Waals surface area contributed by atoms with Crippen LogP contribution in [0.2, 0.25) is 0 Å². The van der Waals surface area contributed by atoms with Crippen LogP contribution in [0.15, 0.2) is 30.3 Å². The van der Waals surface area contributed by atoms with Crippen molar-refractivity contribution in [2.75, 3.05) is 13.3 Å². The van der Waals surface area contributed by atoms with Gasteiger partial charge in [-0.15, -0.1) is 0 Å². The molecule has 0 radical (unpaired) electrons. The molecule has 0 saturated carbocycles. The monoisotopic (exact) mass is 240 g/mol. The maximum atomic E-state index is 11.7. The lowest BCUT2D eigenvalue weighted by molar-refractivity contribution is -0.144. The number of carbonyl (C=O) groups excluding carboxylic acids is 1. The SMILES string of the molecule is CC(C(=O)OCc1ccccc1)P(C)(C)=O. The molecule has 88 valence electrons. The first-order chi connectivity index (χ1) is 7.41. The Bertz CT molecular complexity index is 394. The highest BCUT2D eigenvalue weighted by Gasteiger charge is 2.26. The fraction of sp³-hybridized carbons (Fsp3) is 0.417. The summed E-state index contributed by atoms with van der Waals surface area (Å²) in [6.45, 7) is 5.08. The van der Waals surface area contributed by atoms with Gasteiger partial charge in [0, 0.05) is 0 Å². The fourth-order valence-corrected chi connectivity index (χ4v) is 1.69. The molecule has 1 aromatic carbocycles. The molecule has 0 amide bonds. The van der Waals surface area contributed by atoms with Gasteiger partial charge in [-0.2, -0.15) is 0 Å². The van der Waals surface area contributed by atoms with Gasteiger partial charge in [0.2, 0.25) is 0 Å². The van der Waals surface area contributed by atoms with Crippen molar-refractivity contribution in [3.05, 3.63) is 35.9 Å². The first-order valence-electron chi connectivity index (χ1n) is 5.16. The van der Waals surface area contributed by atoms with Crippen molar-refractivity contribution in [3.63, 3.8) is 0 Å². The zero-order chi connectivity index (χ0) is 12.2. The predicted octanol–water partition coefficient (Wildman–Crippen LogP) is 2.74. The Balaban J connectivity index is 2.51. The standard InChI is InChI=1S/C12H17O3P/c1-10(16(2,3)14)12(13)15-9-11-7-5-4-6-8-11/h4-8,10H,9H2,1-3H3. The van der Waals surface area contributed by atoms with Gasteiger partial charge in [-0.1, -0.05) is 30.3 Å². The third-order valence-corrected chi connectivity index (χ3v) is 4.57. The number of esters is 1. The smallest absolute Gasteiger partial charge is 0.316 e. The van der Waals surface area contributed by atoms with Crippen LogP contribution in [0.5, 0.6) is 0 Å². The normalized spacial score (nSPS) is 13.2. The Morgan fingerprint density at radius 3 is 2.38 bits per heavy atom. The number of benzene rings is 1. The first-order valence-corrected chi connectivity index (χ1v) is 7.83. The quantitative estimate of drug-likeness (QED) is 0.600. The van der Waals surface area contributed by atoms with Gasteiger partial charge in [0.25, 0.3) is 0 Å². The summed E-state index contributed by atoms with van der Waals surface area (Å²) in [6.07, 6.45) is 0. The maximum absolute atomic E-state index is 11.7. The van der Waals surface area contributed by atoms with Crippen LogP contribution in [0.25, 0.3) is 0 Å². The van der Waals surface area contributed by atoms with Gasteiger partial charge in [0.1, 0.15) is 12.3 Å². The highest BCUT2D eigenvalue weighted by atomic mass is 31.2. The minimum absolute atomic E-state index is 0.240. The second-order valence-corrected chi connectivity index (χ2v) is 7.85. The van der Waals surface area contributed by atoms with E-state index in [2.05, 4.69) is 0 Å². The molecule has 0 aromatic heterocycles. The lowest BCUT2D eigenvalue weighted by Crippen LogP contribution is -2.19. The molecule has 0 saturated heterocycles. The van der Waals surface area contributed by atoms with E-state index in [1.807, 2.05) is 30.3 Å². The predicted molar refractivity (Wildman–Crippen MR) is 65.2 cm³/mol. The van der Waals surface area contributed by atoms with E-state index in [0.29, 0.717) is 0 Å². The van der Waals surface area contributed by atoms with Gasteiger partial charge in [-0.05, 0) is 25.8 Å². The molecule has 0 N–H and O–H groups in total. The molecule has 1 aromatic rings. The van der Waals surface area contributed by atoms with Crippen LogP contribution in [0.4, 0.5) is 0 Å². The number of carbonyl (C=O) groups is 1. The first kappa shape index (κ1) is 13.0. The van der Waals surface area contributed by atoms with Crippen molar-refractivity contribution in [1.82, 2.24) is 0 Å². The second kappa shape index (κ2) is 5.31. The topological polar surface area (TPSA) is 43.4 Å². The van der Waals surface area contributed by atoms with Crippen molar-refractivity contribution in [3.8, 4) is 0 Å². The van der Waals surface area contributed by atoms with Crippen molar-refractivity contribution in [2.45, 2.75) is 19.2 Å². The minimum atomic E-state index is -2.41. The van der Waals surface area contributed by atoms with Crippen LogP contribution in [0, 0.1) is 0 Å². The molecular formula is C12H17O3P. The molecule has 0 heterocycles. The average molecular weight is 240 g/mol. The van der Waals surface area contributed by atoms with E-state index in [0.717, 1.165) is 5.56 Å². The van der Waals surface area contributed by atoms with E-state index >= 15 is 0 Å². The lowest BCUT2D eigenvalue weighted by Gasteiger charge is -2.15. The highest BCUT2D eigenvalue weighted by Crippen LogP contribution is 2.42. The molecule has 0 aliphatic carbocycles. The van der Waals surface area contributed by atoms with Crippen molar-refractivity contribution in [2.24, 2.45) is 0 Å². The lowest BCUT2D eigenvalue weighted by atomic mass is 10.2. The molecule has 1 unspecified atom stereocenters. The Hall–Kier alpha value is -1.08. The van der Waals surface area contributed by atoms with Crippen LogP contribution in [0.3, 0.4) is 0 Å². The molecular weight excluding hydrogens is 223 g/mol. The Kier molecular flexibility index (Phi) is 4.31. The fourth-order valence-electron chi connectivity index (χ4n) is 1.10. The van der Waals surface area contributed by atoms with Gasteiger partial charge in [0.15, 0.2) is 0 Å². The number of rotatable bonds is 4. The van der Waals surface area contributed by atoms with Gasteiger partial charge in [-0.3, -0.25) is 4.79 Å². The van der Waals surface area contributed by atoms with Gasteiger partial charge < -0.3 is 9.30 Å². The third-order valence-electron chi connectivity index (χ3n) is 2.50. The van der Waals surface area contributed by atoms with Gasteiger partial charge in [0.05, 0.1) is 7.14 Å². The second-order valence-electron chi connectivity index (χ2n) is 4.20. The largest absolute Gasteiger partial charge is 0.460 e. The minimum Gasteiger partial charge on any atom is -0.460 e. The summed E-state index contributed by atoms with van der Waals surface area (Å²) in [5.74, 6) is -0.391. The number of hydrogen-bond donors (Lipinski definition) is 0. The number of hydrogen-bond acceptors (Lipinski definition) is 3. The third kappa shape index (κ3) is 3.82. The Labute approximate surface area is 96.2 Å². The van der Waals surface area contributed by atoms with Gasteiger partial charge >= 0.3 is 5.97 Å². The molecule has 0 aliphatic heterocycles. The zero-order valence-corrected chi connectivity index (χ0v) is 10.7. The van der Waals surface area contributed by atoms with Gasteiger partial charge in [-0.25, -0.2) is 0 Å². The van der Waals surface area contributed by atoms with Crippen molar-refractivity contribution < 1.29 is 14.1 Å². The average Bonchev–Trinajstić information content (AvgIpc) is 2.25. The molecule has 0 spiro atoms. The van der Waals surface area contributed by atoms with Crippen LogP contribution in [-0.4, -0.2) is 25.0 Å². The molecule has 1 rings (SSSR count). The molecule has 0 bridgehead atoms. The molecule has 4 heteroatoms. The van der Waals surface area contributed by atoms with Crippen LogP contribution in [-0.2, 0) is 20.7 Å². The molecule has 3 nitrogen and oxygen atoms in total.